The fraction of sp³-hybridized carbons (Fsp3) is 0.449. The lowest BCUT2D eigenvalue weighted by atomic mass is 9.70. The largest absolute Gasteiger partial charge is 0.497 e. The number of nitrogens with two attached hydrogens (primary N) is 1. The summed E-state index contributed by atoms with van der Waals surface area (Å²) in [5.74, 6) is 5.14. The Hall–Kier alpha value is -3.44. The molecule has 11 nitrogen and oxygen atoms in total. The summed E-state index contributed by atoms with van der Waals surface area (Å²) in [6.45, 7) is 5.19. The van der Waals surface area contributed by atoms with Crippen LogP contribution in [0.15, 0.2) is 78.2 Å². The van der Waals surface area contributed by atoms with Crippen molar-refractivity contribution in [1.29, 1.82) is 0 Å². The fourth-order valence-corrected chi connectivity index (χ4v) is 13.4. The van der Waals surface area contributed by atoms with Gasteiger partial charge in [0.05, 0.1) is 31.1 Å². The molecule has 2 N–H and O–H groups in total. The predicted octanol–water partition coefficient (Wildman–Crippen LogP) is 11.6. The molecule has 2 spiro atoms. The molecule has 2 atom stereocenters. The number of benzene rings is 3. The van der Waals surface area contributed by atoms with Crippen molar-refractivity contribution in [2.75, 3.05) is 47.5 Å². The zero-order valence-electron chi connectivity index (χ0n) is 37.5. The maximum atomic E-state index is 13.0. The summed E-state index contributed by atoms with van der Waals surface area (Å²) >= 11 is 10.2. The van der Waals surface area contributed by atoms with E-state index < -0.39 is 14.5 Å². The highest BCUT2D eigenvalue weighted by Crippen LogP contribution is 2.59. The number of carbonyl (C=O) groups excluding carboxylic acids is 4. The average Bonchev–Trinajstić information content (AvgIpc) is 4.12. The molecular formula is C49H54Cl3N3O8S4. The van der Waals surface area contributed by atoms with Gasteiger partial charge in [-0.25, -0.2) is 4.21 Å². The van der Waals surface area contributed by atoms with E-state index in [0.29, 0.717) is 33.7 Å². The van der Waals surface area contributed by atoms with Crippen molar-refractivity contribution in [3.63, 3.8) is 0 Å². The predicted molar refractivity (Wildman–Crippen MR) is 273 cm³/mol. The maximum Gasteiger partial charge on any atom is 0.373 e. The molecule has 18 heteroatoms. The van der Waals surface area contributed by atoms with Gasteiger partial charge in [0.25, 0.3) is 5.24 Å². The first kappa shape index (κ1) is 51.4. The summed E-state index contributed by atoms with van der Waals surface area (Å²) in [6, 6.07) is 24.3. The first-order chi connectivity index (χ1) is 32.3. The number of carbonyl (C=O) groups is 2. The lowest BCUT2D eigenvalue weighted by Crippen LogP contribution is -2.63. The summed E-state index contributed by atoms with van der Waals surface area (Å²) in [7, 11) is 12.3. The highest BCUT2D eigenvalue weighted by Gasteiger charge is 2.60. The number of rotatable bonds is 7. The number of nitrogens with zero attached hydrogens (tertiary/aromatic N) is 2. The third-order valence-corrected chi connectivity index (χ3v) is 17.7. The van der Waals surface area contributed by atoms with E-state index >= 15 is 0 Å². The van der Waals surface area contributed by atoms with Crippen LogP contribution in [0.25, 0.3) is 30.3 Å². The zero-order chi connectivity index (χ0) is 47.9. The first-order valence-corrected chi connectivity index (χ1v) is 27.9. The highest BCUT2D eigenvalue weighted by molar-refractivity contribution is 8.26. The van der Waals surface area contributed by atoms with Crippen LogP contribution in [0.2, 0.25) is 0 Å². The molecule has 2 aliphatic carbocycles. The van der Waals surface area contributed by atoms with E-state index in [9.17, 15) is 9.59 Å². The van der Waals surface area contributed by atoms with Gasteiger partial charge in [-0.3, -0.25) is 19.4 Å². The summed E-state index contributed by atoms with van der Waals surface area (Å²) in [5, 5.41) is 5.04. The first-order valence-electron chi connectivity index (χ1n) is 22.2. The van der Waals surface area contributed by atoms with Crippen LogP contribution >= 0.6 is 67.0 Å². The molecule has 6 aliphatic heterocycles. The molecule has 3 aromatic carbocycles. The third kappa shape index (κ3) is 12.1. The minimum Gasteiger partial charge on any atom is -0.497 e. The zero-order valence-corrected chi connectivity index (χ0v) is 43.0. The Morgan fingerprint density at radius 3 is 1.57 bits per heavy atom. The van der Waals surface area contributed by atoms with E-state index in [-0.39, 0.29) is 6.15 Å². The van der Waals surface area contributed by atoms with E-state index in [2.05, 4.69) is 60.8 Å². The van der Waals surface area contributed by atoms with Crippen molar-refractivity contribution in [3.8, 4) is 17.2 Å². The molecule has 3 aromatic heterocycles. The Morgan fingerprint density at radius 1 is 0.687 bits per heavy atom. The number of Topliss-reactive ketones (excluding diaryl/α,β-unsaturated/α-hetero) is 1. The Morgan fingerprint density at radius 2 is 1.12 bits per heavy atom. The summed E-state index contributed by atoms with van der Waals surface area (Å²) in [4.78, 5) is 47.0. The number of methoxy groups -OCH3 is 3. The summed E-state index contributed by atoms with van der Waals surface area (Å²) in [6.07, 6.45) is 11.7. The molecule has 0 radical (unpaired) electrons. The smallest absolute Gasteiger partial charge is 0.373 e. The average molecular weight is 1050 g/mol. The molecule has 8 fully saturated rings. The Balaban J connectivity index is 0.000000133. The van der Waals surface area contributed by atoms with Crippen LogP contribution in [0, 0.1) is 17.8 Å². The Bertz CT molecular complexity index is 2700. The maximum absolute atomic E-state index is 13.0. The minimum atomic E-state index is -1.67. The second kappa shape index (κ2) is 23.0. The Kier molecular flexibility index (Phi) is 17.6. The quantitative estimate of drug-likeness (QED) is 0.120. The van der Waals surface area contributed by atoms with E-state index in [1.54, 1.807) is 50.1 Å². The van der Waals surface area contributed by atoms with Gasteiger partial charge in [0, 0.05) is 59.0 Å². The highest BCUT2D eigenvalue weighted by atomic mass is 36.0. The van der Waals surface area contributed by atoms with Gasteiger partial charge in [0.2, 0.25) is 9.23 Å². The van der Waals surface area contributed by atoms with E-state index in [0.717, 1.165) is 55.9 Å². The molecule has 2 unspecified atom stereocenters. The monoisotopic (exact) mass is 1050 g/mol. The molecule has 14 rings (SSSR count). The van der Waals surface area contributed by atoms with Gasteiger partial charge < -0.3 is 19.9 Å². The van der Waals surface area contributed by atoms with Crippen molar-refractivity contribution < 1.29 is 37.6 Å². The van der Waals surface area contributed by atoms with Gasteiger partial charge in [-0.1, -0.05) is 0 Å². The lowest BCUT2D eigenvalue weighted by Gasteiger charge is -2.52. The molecule has 6 aromatic rings. The van der Waals surface area contributed by atoms with Crippen LogP contribution in [0.5, 0.6) is 17.2 Å². The fourth-order valence-electron chi connectivity index (χ4n) is 10.6. The Labute approximate surface area is 419 Å². The molecular weight excluding hydrogens is 993 g/mol. The molecule has 0 amide bonds. The van der Waals surface area contributed by atoms with Crippen molar-refractivity contribution >= 4 is 124 Å². The van der Waals surface area contributed by atoms with Crippen molar-refractivity contribution in [1.82, 2.24) is 9.80 Å². The van der Waals surface area contributed by atoms with Crippen LogP contribution < -0.4 is 19.9 Å². The number of ether oxygens (including phenoxy) is 3. The van der Waals surface area contributed by atoms with Gasteiger partial charge >= 0.3 is 6.15 Å². The third-order valence-electron chi connectivity index (χ3n) is 14.2. The number of hydrogen-bond acceptors (Lipinski definition) is 14. The van der Waals surface area contributed by atoms with Crippen LogP contribution in [0.3, 0.4) is 0 Å². The number of halogens is 3. The van der Waals surface area contributed by atoms with Gasteiger partial charge in [-0.15, -0.1) is 34.0 Å². The topological polar surface area (TPSA) is 146 Å². The molecule has 9 heterocycles. The molecule has 4 bridgehead atoms. The number of fused-ring (bicyclic) bond motifs is 7. The van der Waals surface area contributed by atoms with Crippen LogP contribution in [0.1, 0.15) is 77.1 Å². The normalized spacial score (nSPS) is 23.7. The van der Waals surface area contributed by atoms with Gasteiger partial charge in [0.15, 0.2) is 5.78 Å². The van der Waals surface area contributed by atoms with Crippen molar-refractivity contribution in [2.45, 2.75) is 74.9 Å². The standard InChI is InChI=1S/C20H23NO2S.C10H7ClO2S.C9H16N2.C9H8OS.CO2.Cl2OS/c1-23-15-2-3-18-14(10-15)11-19(24-18)17(22)12-16-13-4-8-21(9-5-13)20(16)6-7-20;1-13-7-2-3-8-6(4-7)5-9(14-8)10(11)12;10-8-7-1-5-11(6-2-7)9(8)3-4-9;1-10-8-2-3-9-7(6-8)4-5-11-9;2-1-3;1-4(2)3/h2-3,10-11,13,16H,4-9,12H2,1H3;2-5H,1H3;7-8H,1-6,10H2;2-6H,1H3;;. The molecule has 2 saturated carbocycles. The van der Waals surface area contributed by atoms with Crippen molar-refractivity contribution in [2.24, 2.45) is 23.5 Å². The van der Waals surface area contributed by atoms with Crippen molar-refractivity contribution in [3.05, 3.63) is 87.9 Å². The molecule has 6 saturated heterocycles. The molecule has 358 valence electrons. The van der Waals surface area contributed by atoms with E-state index in [1.165, 1.54) is 104 Å². The second-order valence-corrected chi connectivity index (χ2v) is 23.5. The SMILES string of the molecule is COc1ccc2sc(C(=O)CC3C4CCN(CC4)C34CC4)cc2c1.COc1ccc2sc(C(=O)Cl)cc2c1.COc1ccc2sccc2c1.NC1C2CCN(CC2)C12CC2.O=C=O.O=S(Cl)Cl. The van der Waals surface area contributed by atoms with Gasteiger partial charge in [-0.05, 0) is 201 Å². The van der Waals surface area contributed by atoms with Crippen LogP contribution in [0.4, 0.5) is 0 Å². The van der Waals surface area contributed by atoms with E-state index in [4.69, 9.17) is 45.3 Å². The van der Waals surface area contributed by atoms with Crippen LogP contribution in [-0.2, 0) is 18.8 Å². The summed E-state index contributed by atoms with van der Waals surface area (Å²) < 4.78 is 28.1. The van der Waals surface area contributed by atoms with E-state index in [1.807, 2.05) is 42.5 Å². The number of thiophene rings is 3. The summed E-state index contributed by atoms with van der Waals surface area (Å²) in [5.41, 5.74) is 7.13. The van der Waals surface area contributed by atoms with Gasteiger partial charge in [-0.2, -0.15) is 9.59 Å². The second-order valence-electron chi connectivity index (χ2n) is 17.5. The molecule has 67 heavy (non-hydrogen) atoms. The number of piperidine rings is 6. The number of ketones is 1. The molecule has 8 aliphatic rings. The number of hydrogen-bond donors (Lipinski definition) is 1. The minimum absolute atomic E-state index is 0.250. The van der Waals surface area contributed by atoms with Crippen LogP contribution in [-0.4, -0.2) is 95.8 Å². The van der Waals surface area contributed by atoms with Gasteiger partial charge in [0.1, 0.15) is 17.2 Å². The lowest BCUT2D eigenvalue weighted by molar-refractivity contribution is -0.191.